The van der Waals surface area contributed by atoms with Crippen molar-refractivity contribution < 1.29 is 0 Å². The van der Waals surface area contributed by atoms with Gasteiger partial charge in [0.25, 0.3) is 0 Å². The highest BCUT2D eigenvalue weighted by Crippen LogP contribution is 2.30. The van der Waals surface area contributed by atoms with Gasteiger partial charge in [-0.2, -0.15) is 5.10 Å². The SMILES string of the molecule is Cn1c2ccc(S)cc2c2cc(/C=N/N(c3ccccc3)c3ccccc3)ccc21. The lowest BCUT2D eigenvalue weighted by Gasteiger charge is -2.19. The highest BCUT2D eigenvalue weighted by Gasteiger charge is 2.10. The first kappa shape index (κ1) is 18.5. The van der Waals surface area contributed by atoms with E-state index in [4.69, 9.17) is 5.10 Å². The number of hydrogen-bond acceptors (Lipinski definition) is 3. The van der Waals surface area contributed by atoms with Crippen molar-refractivity contribution >= 4 is 52.0 Å². The Labute approximate surface area is 181 Å². The van der Waals surface area contributed by atoms with E-state index in [0.717, 1.165) is 21.8 Å². The van der Waals surface area contributed by atoms with E-state index >= 15 is 0 Å². The average molecular weight is 408 g/mol. The van der Waals surface area contributed by atoms with Gasteiger partial charge in [0, 0.05) is 33.7 Å². The third kappa shape index (κ3) is 3.36. The molecule has 0 amide bonds. The predicted octanol–water partition coefficient (Wildman–Crippen LogP) is 6.79. The first-order valence-electron chi connectivity index (χ1n) is 9.86. The number of aromatic nitrogens is 1. The number of hydrogen-bond donors (Lipinski definition) is 1. The van der Waals surface area contributed by atoms with E-state index in [2.05, 4.69) is 78.8 Å². The molecule has 0 unspecified atom stereocenters. The second kappa shape index (κ2) is 7.73. The summed E-state index contributed by atoms with van der Waals surface area (Å²) in [5, 5.41) is 9.20. The van der Waals surface area contributed by atoms with Crippen molar-refractivity contribution in [3.63, 3.8) is 0 Å². The Morgan fingerprint density at radius 2 is 1.30 bits per heavy atom. The molecule has 0 aliphatic heterocycles. The molecule has 5 rings (SSSR count). The molecule has 0 radical (unpaired) electrons. The monoisotopic (exact) mass is 407 g/mol. The third-order valence-corrected chi connectivity index (χ3v) is 5.62. The molecule has 0 aliphatic rings. The van der Waals surface area contributed by atoms with Gasteiger partial charge < -0.3 is 4.57 Å². The first-order chi connectivity index (χ1) is 14.7. The standard InChI is InChI=1S/C26H21N3S/c1-28-25-14-12-19(16-23(25)24-17-22(30)13-15-26(24)28)18-27-29(20-8-4-2-5-9-20)21-10-6-3-7-11-21/h2-18,30H,1H3/b27-18+. The van der Waals surface area contributed by atoms with Crippen LogP contribution in [0.3, 0.4) is 0 Å². The van der Waals surface area contributed by atoms with Crippen molar-refractivity contribution in [2.75, 3.05) is 5.01 Å². The van der Waals surface area contributed by atoms with Gasteiger partial charge in [-0.15, -0.1) is 12.6 Å². The number of para-hydroxylation sites is 2. The summed E-state index contributed by atoms with van der Waals surface area (Å²) in [6.45, 7) is 0. The zero-order chi connectivity index (χ0) is 20.5. The molecule has 0 N–H and O–H groups in total. The zero-order valence-corrected chi connectivity index (χ0v) is 17.5. The highest BCUT2D eigenvalue weighted by molar-refractivity contribution is 7.80. The first-order valence-corrected chi connectivity index (χ1v) is 10.3. The fourth-order valence-corrected chi connectivity index (χ4v) is 4.05. The number of rotatable bonds is 4. The van der Waals surface area contributed by atoms with Crippen molar-refractivity contribution in [3.05, 3.63) is 103 Å². The Morgan fingerprint density at radius 3 is 1.93 bits per heavy atom. The molecule has 1 aromatic heterocycles. The van der Waals surface area contributed by atoms with Crippen LogP contribution in [0.15, 0.2) is 107 Å². The lowest BCUT2D eigenvalue weighted by molar-refractivity contribution is 1.01. The van der Waals surface area contributed by atoms with E-state index in [-0.39, 0.29) is 0 Å². The lowest BCUT2D eigenvalue weighted by atomic mass is 10.1. The van der Waals surface area contributed by atoms with Crippen LogP contribution in [0, 0.1) is 0 Å². The van der Waals surface area contributed by atoms with Gasteiger partial charge in [0.2, 0.25) is 0 Å². The Kier molecular flexibility index (Phi) is 4.77. The largest absolute Gasteiger partial charge is 0.344 e. The fourth-order valence-electron chi connectivity index (χ4n) is 3.85. The summed E-state index contributed by atoms with van der Waals surface area (Å²) < 4.78 is 2.22. The summed E-state index contributed by atoms with van der Waals surface area (Å²) in [7, 11) is 2.10. The van der Waals surface area contributed by atoms with Crippen molar-refractivity contribution in [1.29, 1.82) is 0 Å². The van der Waals surface area contributed by atoms with E-state index in [1.165, 1.54) is 21.8 Å². The molecule has 30 heavy (non-hydrogen) atoms. The Hall–Kier alpha value is -3.50. The van der Waals surface area contributed by atoms with E-state index in [1.807, 2.05) is 53.7 Å². The maximum atomic E-state index is 4.83. The fraction of sp³-hybridized carbons (Fsp3) is 0.0385. The number of benzene rings is 4. The number of anilines is 2. The van der Waals surface area contributed by atoms with E-state index in [0.29, 0.717) is 0 Å². The van der Waals surface area contributed by atoms with Gasteiger partial charge in [-0.3, -0.25) is 0 Å². The van der Waals surface area contributed by atoms with E-state index in [1.54, 1.807) is 0 Å². The minimum atomic E-state index is 0.966. The summed E-state index contributed by atoms with van der Waals surface area (Å²) in [6.07, 6.45) is 1.92. The average Bonchev–Trinajstić information content (AvgIpc) is 3.06. The van der Waals surface area contributed by atoms with Crippen molar-refractivity contribution in [2.24, 2.45) is 12.1 Å². The molecule has 0 saturated carbocycles. The molecule has 4 heteroatoms. The summed E-state index contributed by atoms with van der Waals surface area (Å²) in [5.41, 5.74) is 5.49. The number of nitrogens with zero attached hydrogens (tertiary/aromatic N) is 3. The van der Waals surface area contributed by atoms with Gasteiger partial charge in [0.1, 0.15) is 0 Å². The second-order valence-corrected chi connectivity index (χ2v) is 7.78. The highest BCUT2D eigenvalue weighted by atomic mass is 32.1. The molecule has 146 valence electrons. The maximum Gasteiger partial charge on any atom is 0.0652 e. The van der Waals surface area contributed by atoms with Crippen LogP contribution in [0.5, 0.6) is 0 Å². The Balaban J connectivity index is 1.59. The van der Waals surface area contributed by atoms with Crippen molar-refractivity contribution in [1.82, 2.24) is 4.57 Å². The molecule has 0 atom stereocenters. The topological polar surface area (TPSA) is 20.5 Å². The summed E-state index contributed by atoms with van der Waals surface area (Å²) in [6, 6.07) is 33.1. The Bertz CT molecular complexity index is 1320. The van der Waals surface area contributed by atoms with Crippen LogP contribution >= 0.6 is 12.6 Å². The number of hydrazone groups is 1. The smallest absolute Gasteiger partial charge is 0.0652 e. The zero-order valence-electron chi connectivity index (χ0n) is 16.6. The molecule has 0 aliphatic carbocycles. The normalized spacial score (nSPS) is 11.5. The van der Waals surface area contributed by atoms with Crippen molar-refractivity contribution in [2.45, 2.75) is 4.90 Å². The van der Waals surface area contributed by atoms with Crippen LogP contribution in [0.4, 0.5) is 11.4 Å². The quantitative estimate of drug-likeness (QED) is 0.197. The minimum absolute atomic E-state index is 0.966. The predicted molar refractivity (Wildman–Crippen MR) is 130 cm³/mol. The van der Waals surface area contributed by atoms with Gasteiger partial charge >= 0.3 is 0 Å². The van der Waals surface area contributed by atoms with E-state index < -0.39 is 0 Å². The Morgan fingerprint density at radius 1 is 0.733 bits per heavy atom. The molecule has 3 nitrogen and oxygen atoms in total. The number of fused-ring (bicyclic) bond motifs is 3. The van der Waals surface area contributed by atoms with Crippen LogP contribution < -0.4 is 5.01 Å². The number of thiol groups is 1. The summed E-state index contributed by atoms with van der Waals surface area (Å²) >= 11 is 4.53. The molecule has 0 saturated heterocycles. The number of aryl methyl sites for hydroxylation is 1. The molecule has 0 bridgehead atoms. The molecule has 5 aromatic rings. The van der Waals surface area contributed by atoms with Crippen LogP contribution in [0.2, 0.25) is 0 Å². The third-order valence-electron chi connectivity index (χ3n) is 5.34. The second-order valence-electron chi connectivity index (χ2n) is 7.26. The maximum absolute atomic E-state index is 4.83. The van der Waals surface area contributed by atoms with Gasteiger partial charge in [0.15, 0.2) is 0 Å². The van der Waals surface area contributed by atoms with Gasteiger partial charge in [-0.1, -0.05) is 42.5 Å². The molecular formula is C26H21N3S. The van der Waals surface area contributed by atoms with Crippen LogP contribution in [-0.4, -0.2) is 10.8 Å². The molecule has 1 heterocycles. The molecular weight excluding hydrogens is 386 g/mol. The van der Waals surface area contributed by atoms with Gasteiger partial charge in [-0.25, -0.2) is 5.01 Å². The van der Waals surface area contributed by atoms with Gasteiger partial charge in [0.05, 0.1) is 17.6 Å². The van der Waals surface area contributed by atoms with Crippen molar-refractivity contribution in [3.8, 4) is 0 Å². The van der Waals surface area contributed by atoms with Crippen LogP contribution in [0.1, 0.15) is 5.56 Å². The minimum Gasteiger partial charge on any atom is -0.344 e. The van der Waals surface area contributed by atoms with Crippen LogP contribution in [0.25, 0.3) is 21.8 Å². The lowest BCUT2D eigenvalue weighted by Crippen LogP contribution is -2.09. The van der Waals surface area contributed by atoms with Crippen LogP contribution in [-0.2, 0) is 7.05 Å². The summed E-state index contributed by atoms with van der Waals surface area (Å²) in [4.78, 5) is 0.966. The molecule has 4 aromatic carbocycles. The summed E-state index contributed by atoms with van der Waals surface area (Å²) in [5.74, 6) is 0. The molecule has 0 fully saturated rings. The van der Waals surface area contributed by atoms with Gasteiger partial charge in [-0.05, 0) is 60.2 Å². The molecule has 0 spiro atoms. The van der Waals surface area contributed by atoms with E-state index in [9.17, 15) is 0 Å².